The molecule has 7 nitrogen and oxygen atoms in total. The van der Waals surface area contributed by atoms with E-state index < -0.39 is 19.6 Å². The maximum atomic E-state index is 10.9. The number of carbonyl (C=O) groups is 1. The molecular formula is C4H8N3O4P. The first-order chi connectivity index (χ1) is 5.34. The van der Waals surface area contributed by atoms with Gasteiger partial charge in [0.1, 0.15) is 6.54 Å². The Balaban J connectivity index is 3.00. The third kappa shape index (κ3) is 1.34. The van der Waals surface area contributed by atoms with E-state index in [4.69, 9.17) is 15.2 Å². The van der Waals surface area contributed by atoms with Gasteiger partial charge < -0.3 is 14.7 Å². The predicted octanol–water partition coefficient (Wildman–Crippen LogP) is -1.21. The highest BCUT2D eigenvalue weighted by Gasteiger charge is 2.41. The van der Waals surface area contributed by atoms with Gasteiger partial charge >= 0.3 is 7.75 Å². The van der Waals surface area contributed by atoms with Crippen LogP contribution in [0.5, 0.6) is 0 Å². The molecule has 1 rings (SSSR count). The van der Waals surface area contributed by atoms with Crippen molar-refractivity contribution >= 4 is 19.6 Å². The highest BCUT2D eigenvalue weighted by Crippen LogP contribution is 2.42. The summed E-state index contributed by atoms with van der Waals surface area (Å²) in [4.78, 5) is 29.3. The van der Waals surface area contributed by atoms with Gasteiger partial charge in [-0.2, -0.15) is 4.67 Å². The van der Waals surface area contributed by atoms with Crippen molar-refractivity contribution in [3.8, 4) is 0 Å². The Morgan fingerprint density at radius 1 is 1.58 bits per heavy atom. The highest BCUT2D eigenvalue weighted by atomic mass is 31.2. The summed E-state index contributed by atoms with van der Waals surface area (Å²) in [6, 6.07) is 0. The van der Waals surface area contributed by atoms with Crippen molar-refractivity contribution in [1.29, 1.82) is 5.41 Å². The first kappa shape index (κ1) is 9.18. The molecule has 68 valence electrons. The fourth-order valence-electron chi connectivity index (χ4n) is 0.893. The third-order valence-corrected chi connectivity index (χ3v) is 2.36. The van der Waals surface area contributed by atoms with Gasteiger partial charge in [-0.15, -0.1) is 0 Å². The average Bonchev–Trinajstić information content (AvgIpc) is 2.05. The summed E-state index contributed by atoms with van der Waals surface area (Å²) in [5.41, 5.74) is 0. The van der Waals surface area contributed by atoms with Crippen LogP contribution in [0.25, 0.3) is 0 Å². The third-order valence-electron chi connectivity index (χ3n) is 1.43. The smallest absolute Gasteiger partial charge is 0.336 e. The lowest BCUT2D eigenvalue weighted by molar-refractivity contribution is -0.122. The fraction of sp³-hybridized carbons (Fsp3) is 0.500. The Labute approximate surface area is 68.3 Å². The summed E-state index contributed by atoms with van der Waals surface area (Å²) in [6.07, 6.45) is 0. The minimum Gasteiger partial charge on any atom is -0.336 e. The second-order valence-corrected chi connectivity index (χ2v) is 3.83. The lowest BCUT2D eigenvalue weighted by atomic mass is 10.6. The molecule has 0 spiro atoms. The Morgan fingerprint density at radius 3 is 2.25 bits per heavy atom. The minimum atomic E-state index is -4.65. The first-order valence-corrected chi connectivity index (χ1v) is 4.59. The van der Waals surface area contributed by atoms with Crippen LogP contribution in [-0.2, 0) is 9.36 Å². The molecule has 0 atom stereocenters. The van der Waals surface area contributed by atoms with Crippen molar-refractivity contribution in [2.24, 2.45) is 0 Å². The van der Waals surface area contributed by atoms with Crippen molar-refractivity contribution in [2.75, 3.05) is 13.6 Å². The normalized spacial score (nSPS) is 19.2. The Kier molecular flexibility index (Phi) is 1.95. The maximum absolute atomic E-state index is 10.9. The van der Waals surface area contributed by atoms with E-state index in [1.54, 1.807) is 0 Å². The largest absolute Gasteiger partial charge is 0.439 e. The average molecular weight is 193 g/mol. The molecule has 1 heterocycles. The molecule has 1 saturated heterocycles. The van der Waals surface area contributed by atoms with Crippen molar-refractivity contribution in [2.45, 2.75) is 0 Å². The maximum Gasteiger partial charge on any atom is 0.439 e. The number of hydrogen-bond acceptors (Lipinski definition) is 3. The number of guanidine groups is 1. The summed E-state index contributed by atoms with van der Waals surface area (Å²) in [7, 11) is -3.23. The van der Waals surface area contributed by atoms with E-state index in [0.717, 1.165) is 4.90 Å². The summed E-state index contributed by atoms with van der Waals surface area (Å²) in [6.45, 7) is -0.163. The number of carbonyl (C=O) groups excluding carboxylic acids is 1. The van der Waals surface area contributed by atoms with Crippen molar-refractivity contribution < 1.29 is 19.1 Å². The Morgan fingerprint density at radius 2 is 2.08 bits per heavy atom. The van der Waals surface area contributed by atoms with Gasteiger partial charge in [0.2, 0.25) is 5.96 Å². The SMILES string of the molecule is CN1CC(=O)N(P(=O)(O)O)C1=N. The summed E-state index contributed by atoms with van der Waals surface area (Å²) in [5.74, 6) is -1.22. The molecule has 0 saturated carbocycles. The molecule has 0 bridgehead atoms. The van der Waals surface area contributed by atoms with Gasteiger partial charge in [0.25, 0.3) is 5.91 Å². The summed E-state index contributed by atoms with van der Waals surface area (Å²) in [5, 5.41) is 7.14. The number of nitrogens with one attached hydrogen (secondary N) is 1. The number of nitrogens with zero attached hydrogens (tertiary/aromatic N) is 2. The van der Waals surface area contributed by atoms with E-state index in [-0.39, 0.29) is 11.2 Å². The Hall–Kier alpha value is -0.910. The van der Waals surface area contributed by atoms with E-state index in [0.29, 0.717) is 0 Å². The standard InChI is InChI=1S/C4H8N3O4P/c1-6-2-3(8)7(4(6)5)12(9,10)11/h5H,2H2,1H3,(H2,9,10,11). The van der Waals surface area contributed by atoms with Crippen LogP contribution in [0, 0.1) is 5.41 Å². The molecule has 0 radical (unpaired) electrons. The zero-order valence-corrected chi connectivity index (χ0v) is 7.15. The molecule has 3 N–H and O–H groups in total. The van der Waals surface area contributed by atoms with E-state index >= 15 is 0 Å². The zero-order valence-electron chi connectivity index (χ0n) is 6.26. The van der Waals surface area contributed by atoms with Gasteiger partial charge in [-0.05, 0) is 0 Å². The van der Waals surface area contributed by atoms with Crippen LogP contribution in [0.15, 0.2) is 0 Å². The second-order valence-electron chi connectivity index (χ2n) is 2.40. The Bertz CT molecular complexity index is 284. The number of likely N-dealkylation sites (N-methyl/N-ethyl adjacent to an activating group) is 1. The lowest BCUT2D eigenvalue weighted by Crippen LogP contribution is -2.29. The van der Waals surface area contributed by atoms with E-state index in [1.165, 1.54) is 7.05 Å². The van der Waals surface area contributed by atoms with Crippen molar-refractivity contribution in [1.82, 2.24) is 9.57 Å². The first-order valence-electron chi connectivity index (χ1n) is 3.02. The minimum absolute atomic E-state index is 0.163. The van der Waals surface area contributed by atoms with Gasteiger partial charge in [0.15, 0.2) is 0 Å². The highest BCUT2D eigenvalue weighted by molar-refractivity contribution is 7.50. The van der Waals surface area contributed by atoms with Gasteiger partial charge in [-0.3, -0.25) is 10.2 Å². The monoisotopic (exact) mass is 193 g/mol. The number of rotatable bonds is 1. The molecule has 0 aromatic rings. The van der Waals surface area contributed by atoms with Crippen LogP contribution in [0.2, 0.25) is 0 Å². The fourth-order valence-corrected chi connectivity index (χ4v) is 1.65. The molecule has 0 aliphatic carbocycles. The molecule has 1 amide bonds. The van der Waals surface area contributed by atoms with Crippen LogP contribution >= 0.6 is 7.75 Å². The van der Waals surface area contributed by atoms with Crippen LogP contribution < -0.4 is 0 Å². The topological polar surface area (TPSA) is 105 Å². The number of hydrogen-bond donors (Lipinski definition) is 3. The van der Waals surface area contributed by atoms with Gasteiger partial charge in [-0.25, -0.2) is 4.57 Å². The van der Waals surface area contributed by atoms with Crippen molar-refractivity contribution in [3.63, 3.8) is 0 Å². The van der Waals surface area contributed by atoms with Crippen LogP contribution in [-0.4, -0.2) is 44.8 Å². The molecule has 0 aromatic heterocycles. The molecule has 1 aliphatic heterocycles. The zero-order chi connectivity index (χ0) is 9.52. The van der Waals surface area contributed by atoms with Gasteiger partial charge in [0, 0.05) is 7.05 Å². The molecule has 12 heavy (non-hydrogen) atoms. The van der Waals surface area contributed by atoms with Crippen LogP contribution in [0.4, 0.5) is 0 Å². The summed E-state index contributed by atoms with van der Waals surface area (Å²) >= 11 is 0. The van der Waals surface area contributed by atoms with E-state index in [9.17, 15) is 9.36 Å². The quantitative estimate of drug-likeness (QED) is 0.453. The van der Waals surface area contributed by atoms with Crippen LogP contribution in [0.3, 0.4) is 0 Å². The summed E-state index contributed by atoms with van der Waals surface area (Å²) < 4.78 is 10.8. The van der Waals surface area contributed by atoms with E-state index in [2.05, 4.69) is 0 Å². The molecule has 0 aromatic carbocycles. The molecule has 1 aliphatic rings. The van der Waals surface area contributed by atoms with Gasteiger partial charge in [-0.1, -0.05) is 0 Å². The molecule has 0 unspecified atom stereocenters. The van der Waals surface area contributed by atoms with Crippen LogP contribution in [0.1, 0.15) is 0 Å². The molecule has 1 fully saturated rings. The predicted molar refractivity (Wildman–Crippen MR) is 39.2 cm³/mol. The molecular weight excluding hydrogens is 185 g/mol. The van der Waals surface area contributed by atoms with Gasteiger partial charge in [0.05, 0.1) is 0 Å². The number of amides is 1. The lowest BCUT2D eigenvalue weighted by Gasteiger charge is -2.16. The van der Waals surface area contributed by atoms with E-state index in [1.807, 2.05) is 0 Å². The van der Waals surface area contributed by atoms with Crippen molar-refractivity contribution in [3.05, 3.63) is 0 Å². The second kappa shape index (κ2) is 2.55. The molecule has 8 heteroatoms.